The molecule has 0 fully saturated rings. The van der Waals surface area contributed by atoms with Crippen LogP contribution in [0.5, 0.6) is 5.75 Å². The number of hydrogen-bond acceptors (Lipinski definition) is 6. The number of nitrogens with two attached hydrogens (primary N) is 1. The topological polar surface area (TPSA) is 123 Å². The summed E-state index contributed by atoms with van der Waals surface area (Å²) in [5.74, 6) is -0.341. The van der Waals surface area contributed by atoms with Crippen molar-refractivity contribution in [2.45, 2.75) is 38.9 Å². The Bertz CT molecular complexity index is 1260. The summed E-state index contributed by atoms with van der Waals surface area (Å²) in [6, 6.07) is 19.2. The highest BCUT2D eigenvalue weighted by molar-refractivity contribution is 9.10. The number of rotatable bonds is 11. The molecule has 5 N–H and O–H groups in total. The molecule has 0 spiro atoms. The summed E-state index contributed by atoms with van der Waals surface area (Å²) in [6.07, 6.45) is 1.82. The van der Waals surface area contributed by atoms with Gasteiger partial charge in [-0.3, -0.25) is 10.1 Å². The number of phenolic OH excluding ortho intramolecular Hbond substituents is 1. The largest absolute Gasteiger partial charge is 0.508 e. The SMILES string of the molecule is CCO[C@H](CC/C=C/C(=O)Nc1ccccc1N)[C@H](OC(=O)Nc1ccc(C)cc1)c1cc(Br)ccc1O. The Morgan fingerprint density at radius 3 is 2.53 bits per heavy atom. The molecular formula is C29H32BrN3O5. The minimum absolute atomic E-state index is 0.0265. The van der Waals surface area contributed by atoms with Crippen molar-refractivity contribution >= 4 is 45.0 Å². The summed E-state index contributed by atoms with van der Waals surface area (Å²) < 4.78 is 12.5. The van der Waals surface area contributed by atoms with Gasteiger partial charge in [-0.05, 0) is 75.2 Å². The molecule has 0 aliphatic heterocycles. The lowest BCUT2D eigenvalue weighted by molar-refractivity contribution is -0.111. The van der Waals surface area contributed by atoms with Crippen LogP contribution in [0.1, 0.15) is 37.0 Å². The van der Waals surface area contributed by atoms with E-state index in [1.165, 1.54) is 12.1 Å². The predicted octanol–water partition coefficient (Wildman–Crippen LogP) is 6.72. The van der Waals surface area contributed by atoms with Gasteiger partial charge in [0, 0.05) is 22.3 Å². The zero-order chi connectivity index (χ0) is 27.5. The molecule has 0 aliphatic rings. The summed E-state index contributed by atoms with van der Waals surface area (Å²) in [6.45, 7) is 4.15. The molecule has 9 heteroatoms. The molecule has 2 amide bonds. The van der Waals surface area contributed by atoms with Crippen LogP contribution in [0.2, 0.25) is 0 Å². The van der Waals surface area contributed by atoms with Gasteiger partial charge in [0.05, 0.1) is 17.5 Å². The number of carbonyl (C=O) groups is 2. The average molecular weight is 582 g/mol. The Labute approximate surface area is 231 Å². The van der Waals surface area contributed by atoms with Gasteiger partial charge in [0.15, 0.2) is 6.10 Å². The lowest BCUT2D eigenvalue weighted by Crippen LogP contribution is -2.29. The molecule has 8 nitrogen and oxygen atoms in total. The third kappa shape index (κ3) is 8.64. The molecule has 38 heavy (non-hydrogen) atoms. The molecule has 200 valence electrons. The Morgan fingerprint density at radius 1 is 1.08 bits per heavy atom. The van der Waals surface area contributed by atoms with Crippen LogP contribution < -0.4 is 16.4 Å². The first-order chi connectivity index (χ1) is 18.3. The van der Waals surface area contributed by atoms with Gasteiger partial charge in [-0.2, -0.15) is 0 Å². The predicted molar refractivity (Wildman–Crippen MR) is 153 cm³/mol. The second kappa shape index (κ2) is 14.2. The van der Waals surface area contributed by atoms with E-state index >= 15 is 0 Å². The van der Waals surface area contributed by atoms with E-state index in [9.17, 15) is 14.7 Å². The van der Waals surface area contributed by atoms with Gasteiger partial charge in [-0.15, -0.1) is 0 Å². The summed E-state index contributed by atoms with van der Waals surface area (Å²) in [4.78, 5) is 25.2. The van der Waals surface area contributed by atoms with E-state index in [2.05, 4.69) is 26.6 Å². The van der Waals surface area contributed by atoms with Gasteiger partial charge in [-0.1, -0.05) is 51.8 Å². The van der Waals surface area contributed by atoms with Crippen LogP contribution in [-0.2, 0) is 14.3 Å². The maximum absolute atomic E-state index is 12.8. The Balaban J connectivity index is 1.73. The number of carbonyl (C=O) groups excluding carboxylic acids is 2. The molecule has 3 rings (SSSR count). The van der Waals surface area contributed by atoms with E-state index in [1.54, 1.807) is 54.6 Å². The first kappa shape index (κ1) is 28.7. The van der Waals surface area contributed by atoms with Crippen molar-refractivity contribution < 1.29 is 24.2 Å². The number of aromatic hydroxyl groups is 1. The molecule has 0 bridgehead atoms. The number of amides is 2. The van der Waals surface area contributed by atoms with E-state index in [4.69, 9.17) is 15.2 Å². The molecule has 0 aliphatic carbocycles. The van der Waals surface area contributed by atoms with Crippen LogP contribution in [0.3, 0.4) is 0 Å². The van der Waals surface area contributed by atoms with Gasteiger partial charge in [0.25, 0.3) is 0 Å². The third-order valence-corrected chi connectivity index (χ3v) is 6.15. The van der Waals surface area contributed by atoms with Crippen molar-refractivity contribution in [3.05, 3.63) is 94.5 Å². The lowest BCUT2D eigenvalue weighted by Gasteiger charge is -2.28. The molecule has 0 radical (unpaired) electrons. The van der Waals surface area contributed by atoms with Crippen LogP contribution in [0.25, 0.3) is 0 Å². The maximum atomic E-state index is 12.8. The van der Waals surface area contributed by atoms with Crippen molar-refractivity contribution in [3.63, 3.8) is 0 Å². The van der Waals surface area contributed by atoms with E-state index in [1.807, 2.05) is 26.0 Å². The van der Waals surface area contributed by atoms with Crippen LogP contribution in [-0.4, -0.2) is 29.8 Å². The second-order valence-corrected chi connectivity index (χ2v) is 9.49. The molecule has 3 aromatic rings. The summed E-state index contributed by atoms with van der Waals surface area (Å²) in [5.41, 5.74) is 8.93. The number of allylic oxidation sites excluding steroid dienone is 1. The fourth-order valence-electron chi connectivity index (χ4n) is 3.76. The van der Waals surface area contributed by atoms with E-state index in [-0.39, 0.29) is 11.7 Å². The number of hydrogen-bond donors (Lipinski definition) is 4. The highest BCUT2D eigenvalue weighted by atomic mass is 79.9. The highest BCUT2D eigenvalue weighted by Gasteiger charge is 2.30. The van der Waals surface area contributed by atoms with Crippen molar-refractivity contribution in [1.82, 2.24) is 0 Å². The van der Waals surface area contributed by atoms with Crippen LogP contribution in [0.15, 0.2) is 83.4 Å². The molecule has 2 atom stereocenters. The first-order valence-electron chi connectivity index (χ1n) is 12.2. The van der Waals surface area contributed by atoms with Crippen LogP contribution in [0.4, 0.5) is 21.9 Å². The number of para-hydroxylation sites is 2. The summed E-state index contributed by atoms with van der Waals surface area (Å²) in [5, 5.41) is 16.1. The van der Waals surface area contributed by atoms with Crippen LogP contribution in [0, 0.1) is 6.92 Å². The first-order valence-corrected chi connectivity index (χ1v) is 13.0. The Morgan fingerprint density at radius 2 is 1.82 bits per heavy atom. The molecule has 0 saturated heterocycles. The second-order valence-electron chi connectivity index (χ2n) is 8.57. The minimum Gasteiger partial charge on any atom is -0.508 e. The summed E-state index contributed by atoms with van der Waals surface area (Å²) >= 11 is 3.42. The molecule has 0 saturated carbocycles. The number of nitrogens with one attached hydrogen (secondary N) is 2. The summed E-state index contributed by atoms with van der Waals surface area (Å²) in [7, 11) is 0. The smallest absolute Gasteiger partial charge is 0.412 e. The van der Waals surface area contributed by atoms with Gasteiger partial charge in [-0.25, -0.2) is 4.79 Å². The zero-order valence-corrected chi connectivity index (χ0v) is 22.9. The van der Waals surface area contributed by atoms with E-state index in [0.29, 0.717) is 46.5 Å². The highest BCUT2D eigenvalue weighted by Crippen LogP contribution is 2.35. The molecule has 0 heterocycles. The quantitative estimate of drug-likeness (QED) is 0.147. The number of phenols is 1. The van der Waals surface area contributed by atoms with E-state index < -0.39 is 18.3 Å². The van der Waals surface area contributed by atoms with Crippen molar-refractivity contribution in [2.24, 2.45) is 0 Å². The van der Waals surface area contributed by atoms with Crippen molar-refractivity contribution in [3.8, 4) is 5.75 Å². The number of ether oxygens (including phenoxy) is 2. The molecular weight excluding hydrogens is 550 g/mol. The fraction of sp³-hybridized carbons (Fsp3) is 0.241. The van der Waals surface area contributed by atoms with Gasteiger partial charge >= 0.3 is 6.09 Å². The number of anilines is 3. The molecule has 3 aromatic carbocycles. The normalized spacial score (nSPS) is 12.6. The number of aryl methyl sites for hydroxylation is 1. The Kier molecular flexibility index (Phi) is 10.7. The third-order valence-electron chi connectivity index (χ3n) is 5.65. The monoisotopic (exact) mass is 581 g/mol. The van der Waals surface area contributed by atoms with Gasteiger partial charge in [0.2, 0.25) is 5.91 Å². The minimum atomic E-state index is -0.913. The van der Waals surface area contributed by atoms with Crippen LogP contribution >= 0.6 is 15.9 Å². The van der Waals surface area contributed by atoms with Gasteiger partial charge < -0.3 is 25.6 Å². The number of benzene rings is 3. The standard InChI is InChI=1S/C29H32BrN3O5/c1-3-37-26(10-6-7-11-27(35)33-24-9-5-4-8-23(24)31)28(22-18-20(30)14-17-25(22)34)38-29(36)32-21-15-12-19(2)13-16-21/h4-5,7-9,11-18,26,28,34H,3,6,10,31H2,1-2H3,(H,32,36)(H,33,35)/b11-7+/t26-,28-/m1/s1. The fourth-order valence-corrected chi connectivity index (χ4v) is 4.14. The zero-order valence-electron chi connectivity index (χ0n) is 21.3. The maximum Gasteiger partial charge on any atom is 0.412 e. The van der Waals surface area contributed by atoms with Crippen molar-refractivity contribution in [2.75, 3.05) is 23.0 Å². The Hall–Kier alpha value is -3.82. The number of halogens is 1. The lowest BCUT2D eigenvalue weighted by atomic mass is 9.99. The van der Waals surface area contributed by atoms with Crippen molar-refractivity contribution in [1.29, 1.82) is 0 Å². The molecule has 0 unspecified atom stereocenters. The average Bonchev–Trinajstić information content (AvgIpc) is 2.89. The van der Waals surface area contributed by atoms with Gasteiger partial charge in [0.1, 0.15) is 5.75 Å². The van der Waals surface area contributed by atoms with E-state index in [0.717, 1.165) is 5.56 Å². The molecule has 0 aromatic heterocycles. The number of nitrogen functional groups attached to an aromatic ring is 1.